The first-order valence-electron chi connectivity index (χ1n) is 4.63. The molecule has 0 radical (unpaired) electrons. The topological polar surface area (TPSA) is 51.8 Å². The van der Waals surface area contributed by atoms with Crippen LogP contribution >= 0.6 is 0 Å². The van der Waals surface area contributed by atoms with Crippen LogP contribution in [0, 0.1) is 11.3 Å². The minimum absolute atomic E-state index is 0.333. The van der Waals surface area contributed by atoms with Gasteiger partial charge in [0.1, 0.15) is 6.33 Å². The molecule has 1 aliphatic rings. The summed E-state index contributed by atoms with van der Waals surface area (Å²) in [6.45, 7) is 5.26. The average molecular weight is 177 g/mol. The van der Waals surface area contributed by atoms with Gasteiger partial charge in [-0.05, 0) is 29.4 Å². The van der Waals surface area contributed by atoms with Crippen molar-refractivity contribution in [1.82, 2.24) is 9.97 Å². The molecule has 3 heteroatoms. The molecule has 1 saturated carbocycles. The van der Waals surface area contributed by atoms with E-state index in [9.17, 15) is 0 Å². The minimum atomic E-state index is 0.333. The van der Waals surface area contributed by atoms with E-state index in [0.717, 1.165) is 6.54 Å². The highest BCUT2D eigenvalue weighted by molar-refractivity contribution is 5.27. The van der Waals surface area contributed by atoms with Gasteiger partial charge in [0.2, 0.25) is 0 Å². The first-order chi connectivity index (χ1) is 6.18. The molecule has 13 heavy (non-hydrogen) atoms. The third-order valence-corrected chi connectivity index (χ3v) is 3.24. The Morgan fingerprint density at radius 3 is 2.46 bits per heavy atom. The quantitative estimate of drug-likeness (QED) is 0.738. The summed E-state index contributed by atoms with van der Waals surface area (Å²) in [5.74, 6) is 1.15. The highest BCUT2D eigenvalue weighted by Crippen LogP contribution is 2.63. The fourth-order valence-corrected chi connectivity index (χ4v) is 2.32. The van der Waals surface area contributed by atoms with Gasteiger partial charge < -0.3 is 5.73 Å². The van der Waals surface area contributed by atoms with Gasteiger partial charge in [0, 0.05) is 12.4 Å². The highest BCUT2D eigenvalue weighted by atomic mass is 14.8. The fourth-order valence-electron chi connectivity index (χ4n) is 2.32. The van der Waals surface area contributed by atoms with E-state index in [1.165, 1.54) is 5.56 Å². The fraction of sp³-hybridized carbons (Fsp3) is 0.600. The summed E-state index contributed by atoms with van der Waals surface area (Å²) in [6, 6.07) is 0. The van der Waals surface area contributed by atoms with Crippen LogP contribution in [0.1, 0.15) is 25.3 Å². The van der Waals surface area contributed by atoms with Crippen LogP contribution in [-0.4, -0.2) is 16.5 Å². The van der Waals surface area contributed by atoms with Crippen LogP contribution in [0.15, 0.2) is 18.7 Å². The normalized spacial score (nSPS) is 30.1. The number of aromatic nitrogens is 2. The molecule has 70 valence electrons. The summed E-state index contributed by atoms with van der Waals surface area (Å²) < 4.78 is 0. The van der Waals surface area contributed by atoms with E-state index in [1.807, 2.05) is 12.4 Å². The van der Waals surface area contributed by atoms with Gasteiger partial charge in [0.15, 0.2) is 0 Å². The smallest absolute Gasteiger partial charge is 0.115 e. The summed E-state index contributed by atoms with van der Waals surface area (Å²) >= 11 is 0. The molecule has 0 spiro atoms. The Hall–Kier alpha value is -0.960. The van der Waals surface area contributed by atoms with E-state index in [-0.39, 0.29) is 0 Å². The zero-order valence-corrected chi connectivity index (χ0v) is 8.07. The molecule has 0 bridgehead atoms. The molecule has 3 nitrogen and oxygen atoms in total. The Kier molecular flexibility index (Phi) is 1.84. The predicted octanol–water partition coefficient (Wildman–Crippen LogP) is 1.17. The Balaban J connectivity index is 2.22. The first kappa shape index (κ1) is 8.63. The highest BCUT2D eigenvalue weighted by Gasteiger charge is 2.57. The number of hydrogen-bond donors (Lipinski definition) is 1. The first-order valence-corrected chi connectivity index (χ1v) is 4.63. The van der Waals surface area contributed by atoms with Crippen LogP contribution < -0.4 is 5.73 Å². The van der Waals surface area contributed by atoms with Gasteiger partial charge in [-0.3, -0.25) is 0 Å². The molecule has 0 aliphatic heterocycles. The van der Waals surface area contributed by atoms with Gasteiger partial charge in [-0.25, -0.2) is 9.97 Å². The molecular weight excluding hydrogens is 162 g/mol. The monoisotopic (exact) mass is 177 g/mol. The second-order valence-electron chi connectivity index (χ2n) is 4.31. The van der Waals surface area contributed by atoms with Gasteiger partial charge in [-0.2, -0.15) is 0 Å². The lowest BCUT2D eigenvalue weighted by atomic mass is 10.1. The van der Waals surface area contributed by atoms with Crippen LogP contribution in [0.2, 0.25) is 0 Å². The maximum Gasteiger partial charge on any atom is 0.115 e. The summed E-state index contributed by atoms with van der Waals surface area (Å²) in [6.07, 6.45) is 5.36. The van der Waals surface area contributed by atoms with Crippen molar-refractivity contribution in [2.75, 3.05) is 6.54 Å². The number of nitrogens with two attached hydrogens (primary N) is 1. The summed E-state index contributed by atoms with van der Waals surface area (Å²) in [7, 11) is 0. The van der Waals surface area contributed by atoms with Crippen molar-refractivity contribution in [1.29, 1.82) is 0 Å². The SMILES string of the molecule is CC1(C)[C@H](CN)[C@H]1c1cncnc1. The molecule has 1 aromatic rings. The van der Waals surface area contributed by atoms with Gasteiger partial charge in [-0.1, -0.05) is 13.8 Å². The van der Waals surface area contributed by atoms with Crippen LogP contribution in [0.4, 0.5) is 0 Å². The lowest BCUT2D eigenvalue weighted by molar-refractivity contribution is 0.558. The summed E-state index contributed by atoms with van der Waals surface area (Å²) in [5.41, 5.74) is 7.25. The second-order valence-corrected chi connectivity index (χ2v) is 4.31. The Bertz CT molecular complexity index is 294. The van der Waals surface area contributed by atoms with Crippen molar-refractivity contribution in [2.45, 2.75) is 19.8 Å². The molecule has 1 heterocycles. The molecule has 1 fully saturated rings. The van der Waals surface area contributed by atoms with Crippen molar-refractivity contribution in [2.24, 2.45) is 17.1 Å². The molecule has 2 atom stereocenters. The molecule has 1 aromatic heterocycles. The van der Waals surface area contributed by atoms with Crippen LogP contribution in [0.25, 0.3) is 0 Å². The molecule has 0 saturated heterocycles. The predicted molar refractivity (Wildman–Crippen MR) is 51.1 cm³/mol. The largest absolute Gasteiger partial charge is 0.330 e. The van der Waals surface area contributed by atoms with E-state index < -0.39 is 0 Å². The van der Waals surface area contributed by atoms with E-state index in [2.05, 4.69) is 23.8 Å². The Morgan fingerprint density at radius 2 is 2.00 bits per heavy atom. The van der Waals surface area contributed by atoms with Crippen molar-refractivity contribution in [3.05, 3.63) is 24.3 Å². The summed E-state index contributed by atoms with van der Waals surface area (Å²) in [4.78, 5) is 8.06. The van der Waals surface area contributed by atoms with Gasteiger partial charge in [-0.15, -0.1) is 0 Å². The van der Waals surface area contributed by atoms with Gasteiger partial charge in [0.05, 0.1) is 0 Å². The lowest BCUT2D eigenvalue weighted by Crippen LogP contribution is -2.05. The van der Waals surface area contributed by atoms with Crippen LogP contribution in [0.5, 0.6) is 0 Å². The third-order valence-electron chi connectivity index (χ3n) is 3.24. The molecule has 0 unspecified atom stereocenters. The number of hydrogen-bond acceptors (Lipinski definition) is 3. The van der Waals surface area contributed by atoms with Crippen LogP contribution in [-0.2, 0) is 0 Å². The summed E-state index contributed by atoms with van der Waals surface area (Å²) in [5, 5.41) is 0. The maximum absolute atomic E-state index is 5.70. The molecular formula is C10H15N3. The zero-order chi connectivity index (χ0) is 9.47. The van der Waals surface area contributed by atoms with E-state index >= 15 is 0 Å². The lowest BCUT2D eigenvalue weighted by Gasteiger charge is -2.00. The molecule has 0 amide bonds. The maximum atomic E-state index is 5.70. The minimum Gasteiger partial charge on any atom is -0.330 e. The Labute approximate surface area is 78.4 Å². The van der Waals surface area contributed by atoms with Crippen molar-refractivity contribution in [3.8, 4) is 0 Å². The second kappa shape index (κ2) is 2.77. The number of nitrogens with zero attached hydrogens (tertiary/aromatic N) is 2. The number of rotatable bonds is 2. The Morgan fingerprint density at radius 1 is 1.38 bits per heavy atom. The van der Waals surface area contributed by atoms with E-state index in [0.29, 0.717) is 17.3 Å². The van der Waals surface area contributed by atoms with Crippen molar-refractivity contribution < 1.29 is 0 Å². The van der Waals surface area contributed by atoms with E-state index in [1.54, 1.807) is 6.33 Å². The molecule has 2 rings (SSSR count). The average Bonchev–Trinajstić information content (AvgIpc) is 2.69. The van der Waals surface area contributed by atoms with E-state index in [4.69, 9.17) is 5.73 Å². The van der Waals surface area contributed by atoms with Gasteiger partial charge >= 0.3 is 0 Å². The van der Waals surface area contributed by atoms with Gasteiger partial charge in [0.25, 0.3) is 0 Å². The van der Waals surface area contributed by atoms with Crippen LogP contribution in [0.3, 0.4) is 0 Å². The van der Waals surface area contributed by atoms with Crippen molar-refractivity contribution in [3.63, 3.8) is 0 Å². The third kappa shape index (κ3) is 1.23. The zero-order valence-electron chi connectivity index (χ0n) is 8.07. The molecule has 0 aromatic carbocycles. The molecule has 2 N–H and O–H groups in total. The van der Waals surface area contributed by atoms with Crippen molar-refractivity contribution >= 4 is 0 Å². The molecule has 1 aliphatic carbocycles. The standard InChI is InChI=1S/C10H15N3/c1-10(2)8(3-11)9(10)7-4-12-6-13-5-7/h4-6,8-9H,3,11H2,1-2H3/t8-,9-/m1/s1.